The highest BCUT2D eigenvalue weighted by Crippen LogP contribution is 2.41. The number of carbonyl (C=O) groups excluding carboxylic acids is 1. The van der Waals surface area contributed by atoms with Gasteiger partial charge in [0.1, 0.15) is 23.7 Å². The molecule has 0 bridgehead atoms. The van der Waals surface area contributed by atoms with Crippen LogP contribution < -0.4 is 0 Å². The summed E-state index contributed by atoms with van der Waals surface area (Å²) in [5.41, 5.74) is 1.46. The Morgan fingerprint density at radius 1 is 0.886 bits per heavy atom. The van der Waals surface area contributed by atoms with E-state index in [2.05, 4.69) is 0 Å². The van der Waals surface area contributed by atoms with Crippen molar-refractivity contribution < 1.29 is 28.5 Å². The minimum absolute atomic E-state index is 0.341. The number of ether oxygens (including phenoxy) is 5. The van der Waals surface area contributed by atoms with E-state index in [1.807, 2.05) is 91.0 Å². The van der Waals surface area contributed by atoms with Gasteiger partial charge in [0.25, 0.3) is 0 Å². The first-order chi connectivity index (χ1) is 17.2. The van der Waals surface area contributed by atoms with Gasteiger partial charge in [0.15, 0.2) is 12.4 Å². The van der Waals surface area contributed by atoms with Gasteiger partial charge in [0, 0.05) is 17.4 Å². The van der Waals surface area contributed by atoms with Gasteiger partial charge in [-0.15, -0.1) is 0 Å². The average molecular weight is 493 g/mol. The van der Waals surface area contributed by atoms with Crippen LogP contribution >= 0.6 is 11.8 Å². The first-order valence-electron chi connectivity index (χ1n) is 11.7. The van der Waals surface area contributed by atoms with Crippen LogP contribution in [0.25, 0.3) is 0 Å². The van der Waals surface area contributed by atoms with Crippen molar-refractivity contribution in [2.45, 2.75) is 54.6 Å². The van der Waals surface area contributed by atoms with Gasteiger partial charge >= 0.3 is 5.97 Å². The number of thioether (sulfide) groups is 1. The van der Waals surface area contributed by atoms with Crippen LogP contribution in [0.2, 0.25) is 0 Å². The van der Waals surface area contributed by atoms with Crippen molar-refractivity contribution in [3.8, 4) is 0 Å². The van der Waals surface area contributed by atoms with Crippen LogP contribution in [0.5, 0.6) is 0 Å². The number of fused-ring (bicyclic) bond motifs is 1. The van der Waals surface area contributed by atoms with E-state index >= 15 is 0 Å². The molecule has 2 aliphatic heterocycles. The van der Waals surface area contributed by atoms with Crippen molar-refractivity contribution in [1.29, 1.82) is 0 Å². The summed E-state index contributed by atoms with van der Waals surface area (Å²) < 4.78 is 31.2. The molecule has 3 aromatic carbocycles. The van der Waals surface area contributed by atoms with Crippen LogP contribution in [0.3, 0.4) is 0 Å². The summed E-state index contributed by atoms with van der Waals surface area (Å²) in [7, 11) is 0. The van der Waals surface area contributed by atoms with Crippen molar-refractivity contribution in [2.75, 3.05) is 6.61 Å². The van der Waals surface area contributed by atoms with Gasteiger partial charge in [-0.1, -0.05) is 90.6 Å². The Balaban J connectivity index is 1.43. The topological polar surface area (TPSA) is 63.2 Å². The van der Waals surface area contributed by atoms with Gasteiger partial charge in [-0.3, -0.25) is 4.79 Å². The molecule has 6 atom stereocenters. The Kier molecular flexibility index (Phi) is 7.81. The van der Waals surface area contributed by atoms with Gasteiger partial charge in [-0.25, -0.2) is 0 Å². The third-order valence-corrected chi connectivity index (χ3v) is 7.09. The summed E-state index contributed by atoms with van der Waals surface area (Å²) in [6.45, 7) is 2.10. The Bertz CT molecular complexity index is 1080. The molecule has 6 nitrogen and oxygen atoms in total. The Labute approximate surface area is 209 Å². The lowest BCUT2D eigenvalue weighted by atomic mass is 9.98. The third kappa shape index (κ3) is 5.94. The SMILES string of the molecule is CC(=O)O[C@H]1[C@@H](OCc2ccccc2)[C@@H]2O[C@H](c3ccccc3)OC[C@H]2O[C@@H]1Sc1ccccc1. The molecule has 3 aromatic rings. The Hall–Kier alpha value is -2.68. The molecule has 2 fully saturated rings. The second-order valence-electron chi connectivity index (χ2n) is 8.49. The predicted molar refractivity (Wildman–Crippen MR) is 132 cm³/mol. The molecule has 0 aromatic heterocycles. The van der Waals surface area contributed by atoms with Gasteiger partial charge in [-0.05, 0) is 17.7 Å². The molecule has 182 valence electrons. The molecular weight excluding hydrogens is 464 g/mol. The summed E-state index contributed by atoms with van der Waals surface area (Å²) in [6.07, 6.45) is -2.62. The predicted octanol–water partition coefficient (Wildman–Crippen LogP) is 5.13. The fraction of sp³-hybridized carbons (Fsp3) is 0.321. The van der Waals surface area contributed by atoms with Gasteiger partial charge < -0.3 is 23.7 Å². The van der Waals surface area contributed by atoms with E-state index in [9.17, 15) is 4.79 Å². The summed E-state index contributed by atoms with van der Waals surface area (Å²) >= 11 is 1.50. The highest BCUT2D eigenvalue weighted by Gasteiger charge is 2.52. The van der Waals surface area contributed by atoms with E-state index < -0.39 is 36.0 Å². The molecule has 0 spiro atoms. The van der Waals surface area contributed by atoms with Crippen molar-refractivity contribution in [2.24, 2.45) is 0 Å². The van der Waals surface area contributed by atoms with Crippen LogP contribution in [0.1, 0.15) is 24.3 Å². The van der Waals surface area contributed by atoms with Crippen molar-refractivity contribution in [1.82, 2.24) is 0 Å². The van der Waals surface area contributed by atoms with Crippen LogP contribution in [-0.4, -0.2) is 42.4 Å². The monoisotopic (exact) mass is 492 g/mol. The molecule has 2 saturated heterocycles. The summed E-state index contributed by atoms with van der Waals surface area (Å²) in [6, 6.07) is 29.6. The molecule has 0 unspecified atom stereocenters. The van der Waals surface area contributed by atoms with E-state index in [4.69, 9.17) is 23.7 Å². The highest BCUT2D eigenvalue weighted by atomic mass is 32.2. The zero-order valence-electron chi connectivity index (χ0n) is 19.4. The first-order valence-corrected chi connectivity index (χ1v) is 12.6. The molecule has 5 rings (SSSR count). The number of esters is 1. The molecule has 0 radical (unpaired) electrons. The fourth-order valence-corrected chi connectivity index (χ4v) is 5.45. The van der Waals surface area contributed by atoms with E-state index in [0.717, 1.165) is 16.0 Å². The fourth-order valence-electron chi connectivity index (χ4n) is 4.33. The first kappa shape index (κ1) is 24.0. The van der Waals surface area contributed by atoms with E-state index in [-0.39, 0.29) is 6.10 Å². The maximum atomic E-state index is 12.2. The molecular formula is C28H28O6S. The van der Waals surface area contributed by atoms with Crippen LogP contribution in [-0.2, 0) is 35.1 Å². The van der Waals surface area contributed by atoms with Gasteiger partial charge in [0.2, 0.25) is 0 Å². The lowest BCUT2D eigenvalue weighted by Gasteiger charge is -2.48. The molecule has 0 amide bonds. The van der Waals surface area contributed by atoms with E-state index in [0.29, 0.717) is 13.2 Å². The second-order valence-corrected chi connectivity index (χ2v) is 9.66. The van der Waals surface area contributed by atoms with Crippen LogP contribution in [0.15, 0.2) is 95.9 Å². The second kappa shape index (κ2) is 11.4. The van der Waals surface area contributed by atoms with E-state index in [1.165, 1.54) is 18.7 Å². The largest absolute Gasteiger partial charge is 0.456 e. The minimum Gasteiger partial charge on any atom is -0.456 e. The zero-order valence-corrected chi connectivity index (χ0v) is 20.2. The molecule has 2 heterocycles. The quantitative estimate of drug-likeness (QED) is 0.424. The summed E-state index contributed by atoms with van der Waals surface area (Å²) in [5.74, 6) is -0.393. The normalized spacial score (nSPS) is 28.1. The minimum atomic E-state index is -0.669. The molecule has 2 aliphatic rings. The highest BCUT2D eigenvalue weighted by molar-refractivity contribution is 7.99. The van der Waals surface area contributed by atoms with Gasteiger partial charge in [0.05, 0.1) is 13.2 Å². The Morgan fingerprint density at radius 2 is 1.54 bits per heavy atom. The number of hydrogen-bond donors (Lipinski definition) is 0. The van der Waals surface area contributed by atoms with Crippen LogP contribution in [0.4, 0.5) is 0 Å². The van der Waals surface area contributed by atoms with Crippen LogP contribution in [0, 0.1) is 0 Å². The number of hydrogen-bond acceptors (Lipinski definition) is 7. The molecule has 0 saturated carbocycles. The standard InChI is InChI=1S/C28H28O6S/c1-19(29)32-26-25(30-17-20-11-5-2-6-12-20)24-23(33-28(26)35-22-15-9-4-10-16-22)18-31-27(34-24)21-13-7-3-8-14-21/h2-16,23-28H,17-18H2,1H3/t23-,24-,25+,26+,27-,28-/m1/s1. The number of benzene rings is 3. The molecule has 0 aliphatic carbocycles. The lowest BCUT2D eigenvalue weighted by molar-refractivity contribution is -0.326. The average Bonchev–Trinajstić information content (AvgIpc) is 2.89. The van der Waals surface area contributed by atoms with E-state index in [1.54, 1.807) is 0 Å². The number of rotatable bonds is 7. The summed E-state index contributed by atoms with van der Waals surface area (Å²) in [4.78, 5) is 13.2. The molecule has 35 heavy (non-hydrogen) atoms. The molecule has 7 heteroatoms. The van der Waals surface area contributed by atoms with Crippen molar-refractivity contribution in [3.05, 3.63) is 102 Å². The maximum Gasteiger partial charge on any atom is 0.303 e. The molecule has 0 N–H and O–H groups in total. The van der Waals surface area contributed by atoms with Crippen molar-refractivity contribution in [3.63, 3.8) is 0 Å². The maximum absolute atomic E-state index is 12.2. The number of carbonyl (C=O) groups is 1. The zero-order chi connectivity index (χ0) is 24.0. The Morgan fingerprint density at radius 3 is 2.23 bits per heavy atom. The third-order valence-electron chi connectivity index (χ3n) is 5.94. The summed E-state index contributed by atoms with van der Waals surface area (Å²) in [5, 5.41) is 0. The van der Waals surface area contributed by atoms with Crippen molar-refractivity contribution >= 4 is 17.7 Å². The lowest BCUT2D eigenvalue weighted by Crippen LogP contribution is -2.62. The van der Waals surface area contributed by atoms with Gasteiger partial charge in [-0.2, -0.15) is 0 Å². The smallest absolute Gasteiger partial charge is 0.303 e.